The summed E-state index contributed by atoms with van der Waals surface area (Å²) in [6.45, 7) is 3.54. The van der Waals surface area contributed by atoms with Gasteiger partial charge in [0.05, 0.1) is 31.9 Å². The minimum atomic E-state index is -0.0394. The second kappa shape index (κ2) is 9.40. The van der Waals surface area contributed by atoms with Crippen molar-refractivity contribution in [2.75, 3.05) is 47.5 Å². The molecule has 31 heavy (non-hydrogen) atoms. The summed E-state index contributed by atoms with van der Waals surface area (Å²) in [5, 5.41) is 9.20. The van der Waals surface area contributed by atoms with E-state index in [1.165, 1.54) is 0 Å². The smallest absolute Gasteiger partial charge is 0.274 e. The van der Waals surface area contributed by atoms with Gasteiger partial charge >= 0.3 is 0 Å². The zero-order chi connectivity index (χ0) is 21.8. The van der Waals surface area contributed by atoms with Crippen LogP contribution in [0.15, 0.2) is 35.7 Å². The van der Waals surface area contributed by atoms with Gasteiger partial charge in [0.1, 0.15) is 0 Å². The third-order valence-corrected chi connectivity index (χ3v) is 6.33. The number of H-pyrrole nitrogens is 1. The lowest BCUT2D eigenvalue weighted by Gasteiger charge is -2.34. The molecule has 1 N–H and O–H groups in total. The van der Waals surface area contributed by atoms with Crippen molar-refractivity contribution in [3.63, 3.8) is 0 Å². The maximum Gasteiger partial charge on any atom is 0.274 e. The Morgan fingerprint density at radius 1 is 1.06 bits per heavy atom. The molecule has 3 heterocycles. The lowest BCUT2D eigenvalue weighted by atomic mass is 10.1. The summed E-state index contributed by atoms with van der Waals surface area (Å²) in [5.41, 5.74) is 2.35. The monoisotopic (exact) mass is 442 g/mol. The van der Waals surface area contributed by atoms with Gasteiger partial charge in [-0.2, -0.15) is 5.10 Å². The largest absolute Gasteiger partial charge is 0.493 e. The summed E-state index contributed by atoms with van der Waals surface area (Å²) in [7, 11) is 4.84. The van der Waals surface area contributed by atoms with Crippen molar-refractivity contribution < 1.29 is 19.0 Å². The lowest BCUT2D eigenvalue weighted by molar-refractivity contribution is 0.0621. The highest BCUT2D eigenvalue weighted by atomic mass is 32.1. The standard InChI is InChI=1S/C22H26N4O4S/c1-28-18-7-6-15(20(29-2)21(18)30-3)14-25-8-10-26(11-9-25)22(27)17-13-16(23-24-17)19-5-4-12-31-19/h4-7,12-13H,8-11,14H2,1-3H3,(H,23,24). The number of carbonyl (C=O) groups excluding carboxylic acids is 1. The molecule has 1 amide bonds. The molecule has 1 fully saturated rings. The number of aromatic amines is 1. The third kappa shape index (κ3) is 4.38. The van der Waals surface area contributed by atoms with Crippen LogP contribution in [0, 0.1) is 0 Å². The highest BCUT2D eigenvalue weighted by molar-refractivity contribution is 7.13. The van der Waals surface area contributed by atoms with E-state index in [0.717, 1.165) is 29.2 Å². The van der Waals surface area contributed by atoms with Gasteiger partial charge in [0.15, 0.2) is 17.2 Å². The molecule has 1 aliphatic rings. The van der Waals surface area contributed by atoms with Crippen molar-refractivity contribution in [3.05, 3.63) is 47.0 Å². The van der Waals surface area contributed by atoms with Crippen LogP contribution in [0.5, 0.6) is 17.2 Å². The van der Waals surface area contributed by atoms with Crippen LogP contribution in [-0.2, 0) is 6.54 Å². The highest BCUT2D eigenvalue weighted by Gasteiger charge is 2.25. The van der Waals surface area contributed by atoms with Crippen LogP contribution in [0.2, 0.25) is 0 Å². The summed E-state index contributed by atoms with van der Waals surface area (Å²) < 4.78 is 16.4. The Morgan fingerprint density at radius 3 is 2.48 bits per heavy atom. The number of amides is 1. The van der Waals surface area contributed by atoms with Crippen molar-refractivity contribution in [2.24, 2.45) is 0 Å². The van der Waals surface area contributed by atoms with Crippen LogP contribution in [0.25, 0.3) is 10.6 Å². The first-order valence-corrected chi connectivity index (χ1v) is 10.9. The van der Waals surface area contributed by atoms with Crippen molar-refractivity contribution >= 4 is 17.2 Å². The van der Waals surface area contributed by atoms with Crippen molar-refractivity contribution in [1.29, 1.82) is 0 Å². The molecule has 0 atom stereocenters. The predicted molar refractivity (Wildman–Crippen MR) is 119 cm³/mol. The third-order valence-electron chi connectivity index (χ3n) is 5.42. The first kappa shape index (κ1) is 21.2. The Balaban J connectivity index is 1.39. The van der Waals surface area contributed by atoms with Gasteiger partial charge in [-0.15, -0.1) is 11.3 Å². The van der Waals surface area contributed by atoms with Gasteiger partial charge in [0, 0.05) is 38.3 Å². The first-order valence-electron chi connectivity index (χ1n) is 10.0. The van der Waals surface area contributed by atoms with Gasteiger partial charge in [0.2, 0.25) is 5.75 Å². The van der Waals surface area contributed by atoms with Gasteiger partial charge in [-0.1, -0.05) is 12.1 Å². The number of ether oxygens (including phenoxy) is 3. The Bertz CT molecular complexity index is 1030. The SMILES string of the molecule is COc1ccc(CN2CCN(C(=O)c3cc(-c4cccs4)[nH]n3)CC2)c(OC)c1OC. The van der Waals surface area contributed by atoms with E-state index in [1.807, 2.05) is 40.6 Å². The molecule has 0 spiro atoms. The summed E-state index contributed by atoms with van der Waals surface area (Å²) in [5.74, 6) is 1.87. The fraction of sp³-hybridized carbons (Fsp3) is 0.364. The molecule has 4 rings (SSSR count). The lowest BCUT2D eigenvalue weighted by Crippen LogP contribution is -2.48. The number of methoxy groups -OCH3 is 3. The van der Waals surface area contributed by atoms with Crippen LogP contribution >= 0.6 is 11.3 Å². The molecular weight excluding hydrogens is 416 g/mol. The normalized spacial score (nSPS) is 14.5. The number of hydrogen-bond acceptors (Lipinski definition) is 7. The Morgan fingerprint density at radius 2 is 1.84 bits per heavy atom. The quantitative estimate of drug-likeness (QED) is 0.606. The molecule has 8 nitrogen and oxygen atoms in total. The van der Waals surface area contributed by atoms with E-state index in [1.54, 1.807) is 32.7 Å². The van der Waals surface area contributed by atoms with Gasteiger partial charge < -0.3 is 19.1 Å². The number of nitrogens with zero attached hydrogens (tertiary/aromatic N) is 3. The molecule has 0 aliphatic carbocycles. The topological polar surface area (TPSA) is 79.9 Å². The van der Waals surface area contributed by atoms with Crippen molar-refractivity contribution in [1.82, 2.24) is 20.0 Å². The summed E-state index contributed by atoms with van der Waals surface area (Å²) in [4.78, 5) is 18.1. The van der Waals surface area contributed by atoms with Gasteiger partial charge in [-0.05, 0) is 23.6 Å². The van der Waals surface area contributed by atoms with E-state index in [-0.39, 0.29) is 5.91 Å². The van der Waals surface area contributed by atoms with Crippen molar-refractivity contribution in [3.8, 4) is 27.8 Å². The summed E-state index contributed by atoms with van der Waals surface area (Å²) in [6, 6.07) is 9.70. The minimum absolute atomic E-state index is 0.0394. The Kier molecular flexibility index (Phi) is 6.43. The number of rotatable bonds is 7. The van der Waals surface area contributed by atoms with Gasteiger partial charge in [0.25, 0.3) is 5.91 Å². The molecule has 1 aromatic carbocycles. The number of piperazine rings is 1. The van der Waals surface area contributed by atoms with E-state index in [2.05, 4.69) is 15.1 Å². The molecule has 0 bridgehead atoms. The number of benzene rings is 1. The molecule has 164 valence electrons. The number of nitrogens with one attached hydrogen (secondary N) is 1. The maximum absolute atomic E-state index is 12.9. The van der Waals surface area contributed by atoms with Gasteiger partial charge in [-0.25, -0.2) is 0 Å². The summed E-state index contributed by atoms with van der Waals surface area (Å²) in [6.07, 6.45) is 0. The molecular formula is C22H26N4O4S. The zero-order valence-electron chi connectivity index (χ0n) is 17.9. The molecule has 1 saturated heterocycles. The fourth-order valence-corrected chi connectivity index (χ4v) is 4.48. The van der Waals surface area contributed by atoms with Gasteiger partial charge in [-0.3, -0.25) is 14.8 Å². The number of aromatic nitrogens is 2. The van der Waals surface area contributed by atoms with Crippen LogP contribution in [0.4, 0.5) is 0 Å². The van der Waals surface area contributed by atoms with E-state index < -0.39 is 0 Å². The first-order chi connectivity index (χ1) is 15.1. The fourth-order valence-electron chi connectivity index (χ4n) is 3.79. The van der Waals surface area contributed by atoms with Crippen LogP contribution in [-0.4, -0.2) is 73.4 Å². The van der Waals surface area contributed by atoms with Crippen molar-refractivity contribution in [2.45, 2.75) is 6.54 Å². The van der Waals surface area contributed by atoms with E-state index >= 15 is 0 Å². The number of hydrogen-bond donors (Lipinski definition) is 1. The van der Waals surface area contributed by atoms with Crippen LogP contribution < -0.4 is 14.2 Å². The maximum atomic E-state index is 12.9. The second-order valence-corrected chi connectivity index (χ2v) is 8.15. The van der Waals surface area contributed by atoms with E-state index in [0.29, 0.717) is 42.6 Å². The molecule has 9 heteroatoms. The molecule has 2 aromatic heterocycles. The average Bonchev–Trinajstić information content (AvgIpc) is 3.50. The van der Waals surface area contributed by atoms with E-state index in [9.17, 15) is 4.79 Å². The average molecular weight is 443 g/mol. The Labute approximate surface area is 185 Å². The minimum Gasteiger partial charge on any atom is -0.493 e. The zero-order valence-corrected chi connectivity index (χ0v) is 18.7. The second-order valence-electron chi connectivity index (χ2n) is 7.21. The molecule has 1 aliphatic heterocycles. The highest BCUT2D eigenvalue weighted by Crippen LogP contribution is 2.40. The van der Waals surface area contributed by atoms with Crippen LogP contribution in [0.3, 0.4) is 0 Å². The Hall–Kier alpha value is -3.04. The molecule has 0 saturated carbocycles. The van der Waals surface area contributed by atoms with Crippen LogP contribution in [0.1, 0.15) is 16.1 Å². The van der Waals surface area contributed by atoms with E-state index in [4.69, 9.17) is 14.2 Å². The predicted octanol–water partition coefficient (Wildman–Crippen LogP) is 3.12. The summed E-state index contributed by atoms with van der Waals surface area (Å²) >= 11 is 1.62. The number of thiophene rings is 1. The molecule has 0 unspecified atom stereocenters. The number of carbonyl (C=O) groups is 1. The molecule has 0 radical (unpaired) electrons. The molecule has 3 aromatic rings.